The number of alkyl halides is 1. The number of benzene rings is 2. The molecule has 0 N–H and O–H groups in total. The van der Waals surface area contributed by atoms with E-state index in [9.17, 15) is 0 Å². The molecule has 0 heterocycles. The molecule has 0 spiro atoms. The maximum absolute atomic E-state index is 5.93. The van der Waals surface area contributed by atoms with Gasteiger partial charge in [-0.1, -0.05) is 40.2 Å². The number of rotatable bonds is 5. The molecule has 106 valence electrons. The van der Waals surface area contributed by atoms with Gasteiger partial charge in [0.1, 0.15) is 6.61 Å². The van der Waals surface area contributed by atoms with Crippen molar-refractivity contribution in [1.29, 1.82) is 0 Å². The maximum Gasteiger partial charge on any atom is 0.161 e. The molecule has 0 unspecified atom stereocenters. The number of hydrogen-bond donors (Lipinski definition) is 0. The Kier molecular flexibility index (Phi) is 5.07. The van der Waals surface area contributed by atoms with Gasteiger partial charge in [-0.15, -0.1) is 0 Å². The standard InChI is InChI=1S/C17H19BrO2/c1-12-5-4-6-13(2)15(12)11-20-16-8-7-14(10-18)9-17(16)19-3/h4-9H,10-11H2,1-3H3. The third-order valence-corrected chi connectivity index (χ3v) is 4.05. The Morgan fingerprint density at radius 2 is 1.70 bits per heavy atom. The third-order valence-electron chi connectivity index (χ3n) is 3.40. The Hall–Kier alpha value is -1.48. The molecule has 3 heteroatoms. The van der Waals surface area contributed by atoms with Crippen molar-refractivity contribution in [3.63, 3.8) is 0 Å². The number of aryl methyl sites for hydroxylation is 2. The summed E-state index contributed by atoms with van der Waals surface area (Å²) >= 11 is 3.44. The third kappa shape index (κ3) is 3.34. The van der Waals surface area contributed by atoms with Crippen LogP contribution in [0.4, 0.5) is 0 Å². The molecule has 0 aliphatic rings. The molecule has 0 atom stereocenters. The quantitative estimate of drug-likeness (QED) is 0.732. The summed E-state index contributed by atoms with van der Waals surface area (Å²) < 4.78 is 11.3. The van der Waals surface area contributed by atoms with Crippen molar-refractivity contribution in [2.75, 3.05) is 7.11 Å². The highest BCUT2D eigenvalue weighted by atomic mass is 79.9. The van der Waals surface area contributed by atoms with Crippen molar-refractivity contribution in [3.05, 3.63) is 58.7 Å². The number of hydrogen-bond acceptors (Lipinski definition) is 2. The zero-order valence-electron chi connectivity index (χ0n) is 12.1. The van der Waals surface area contributed by atoms with Crippen LogP contribution in [0.3, 0.4) is 0 Å². The van der Waals surface area contributed by atoms with E-state index in [4.69, 9.17) is 9.47 Å². The molecule has 0 radical (unpaired) electrons. The van der Waals surface area contributed by atoms with Crippen LogP contribution < -0.4 is 9.47 Å². The highest BCUT2D eigenvalue weighted by Gasteiger charge is 2.08. The molecule has 0 bridgehead atoms. The first-order valence-electron chi connectivity index (χ1n) is 6.56. The predicted octanol–water partition coefficient (Wildman–Crippen LogP) is 4.79. The fraction of sp³-hybridized carbons (Fsp3) is 0.294. The summed E-state index contributed by atoms with van der Waals surface area (Å²) in [5.74, 6) is 1.55. The van der Waals surface area contributed by atoms with Crippen LogP contribution in [0.2, 0.25) is 0 Å². The average Bonchev–Trinajstić information content (AvgIpc) is 2.46. The molecule has 2 aromatic rings. The Balaban J connectivity index is 2.19. The summed E-state index contributed by atoms with van der Waals surface area (Å²) in [6.07, 6.45) is 0. The molecular formula is C17H19BrO2. The Morgan fingerprint density at radius 1 is 1.00 bits per heavy atom. The van der Waals surface area contributed by atoms with E-state index in [0.717, 1.165) is 16.8 Å². The molecule has 0 aliphatic heterocycles. The Bertz CT molecular complexity index is 573. The van der Waals surface area contributed by atoms with E-state index in [1.165, 1.54) is 22.3 Å². The lowest BCUT2D eigenvalue weighted by atomic mass is 10.0. The van der Waals surface area contributed by atoms with Crippen LogP contribution in [-0.4, -0.2) is 7.11 Å². The summed E-state index contributed by atoms with van der Waals surface area (Å²) in [4.78, 5) is 0. The van der Waals surface area contributed by atoms with Gasteiger partial charge >= 0.3 is 0 Å². The van der Waals surface area contributed by atoms with E-state index in [2.05, 4.69) is 48.0 Å². The van der Waals surface area contributed by atoms with Crippen LogP contribution in [0, 0.1) is 13.8 Å². The van der Waals surface area contributed by atoms with Gasteiger partial charge in [0.15, 0.2) is 11.5 Å². The monoisotopic (exact) mass is 334 g/mol. The fourth-order valence-corrected chi connectivity index (χ4v) is 2.49. The molecule has 2 aromatic carbocycles. The number of halogens is 1. The first-order chi connectivity index (χ1) is 9.65. The molecule has 2 rings (SSSR count). The Labute approximate surface area is 128 Å². The van der Waals surface area contributed by atoms with Gasteiger partial charge in [-0.05, 0) is 48.2 Å². The van der Waals surface area contributed by atoms with E-state index >= 15 is 0 Å². The topological polar surface area (TPSA) is 18.5 Å². The minimum atomic E-state index is 0.558. The van der Waals surface area contributed by atoms with Gasteiger partial charge in [0.2, 0.25) is 0 Å². The normalized spacial score (nSPS) is 10.4. The van der Waals surface area contributed by atoms with Crippen molar-refractivity contribution >= 4 is 15.9 Å². The lowest BCUT2D eigenvalue weighted by molar-refractivity contribution is 0.283. The fourth-order valence-electron chi connectivity index (χ4n) is 2.14. The van der Waals surface area contributed by atoms with Crippen molar-refractivity contribution in [2.45, 2.75) is 25.8 Å². The van der Waals surface area contributed by atoms with Crippen LogP contribution in [0.25, 0.3) is 0 Å². The SMILES string of the molecule is COc1cc(CBr)ccc1OCc1c(C)cccc1C. The van der Waals surface area contributed by atoms with Gasteiger partial charge in [0.25, 0.3) is 0 Å². The lowest BCUT2D eigenvalue weighted by Crippen LogP contribution is -2.02. The van der Waals surface area contributed by atoms with Crippen molar-refractivity contribution in [2.24, 2.45) is 0 Å². The highest BCUT2D eigenvalue weighted by Crippen LogP contribution is 2.30. The van der Waals surface area contributed by atoms with Gasteiger partial charge in [-0.2, -0.15) is 0 Å². The number of ether oxygens (including phenoxy) is 2. The van der Waals surface area contributed by atoms with E-state index in [0.29, 0.717) is 6.61 Å². The Morgan fingerprint density at radius 3 is 2.30 bits per heavy atom. The van der Waals surface area contributed by atoms with Gasteiger partial charge in [0.05, 0.1) is 7.11 Å². The summed E-state index contributed by atoms with van der Waals surface area (Å²) in [5.41, 5.74) is 4.91. The first kappa shape index (κ1) is 14.9. The minimum Gasteiger partial charge on any atom is -0.493 e. The van der Waals surface area contributed by atoms with E-state index in [-0.39, 0.29) is 0 Å². The average molecular weight is 335 g/mol. The lowest BCUT2D eigenvalue weighted by Gasteiger charge is -2.14. The van der Waals surface area contributed by atoms with Crippen LogP contribution in [0.1, 0.15) is 22.3 Å². The van der Waals surface area contributed by atoms with E-state index in [1.807, 2.05) is 18.2 Å². The van der Waals surface area contributed by atoms with Gasteiger partial charge < -0.3 is 9.47 Å². The summed E-state index contributed by atoms with van der Waals surface area (Å²) in [6, 6.07) is 12.3. The first-order valence-corrected chi connectivity index (χ1v) is 7.68. The predicted molar refractivity (Wildman–Crippen MR) is 85.9 cm³/mol. The smallest absolute Gasteiger partial charge is 0.161 e. The molecule has 20 heavy (non-hydrogen) atoms. The van der Waals surface area contributed by atoms with E-state index < -0.39 is 0 Å². The van der Waals surface area contributed by atoms with Crippen molar-refractivity contribution in [1.82, 2.24) is 0 Å². The highest BCUT2D eigenvalue weighted by molar-refractivity contribution is 9.08. The molecule has 2 nitrogen and oxygen atoms in total. The summed E-state index contributed by atoms with van der Waals surface area (Å²) in [6.45, 7) is 4.77. The van der Waals surface area contributed by atoms with E-state index in [1.54, 1.807) is 7.11 Å². The van der Waals surface area contributed by atoms with Gasteiger partial charge in [0, 0.05) is 5.33 Å². The second-order valence-electron chi connectivity index (χ2n) is 4.78. The minimum absolute atomic E-state index is 0.558. The summed E-state index contributed by atoms with van der Waals surface area (Å²) in [7, 11) is 1.67. The largest absolute Gasteiger partial charge is 0.493 e. The van der Waals surface area contributed by atoms with Crippen LogP contribution >= 0.6 is 15.9 Å². The second-order valence-corrected chi connectivity index (χ2v) is 5.34. The van der Waals surface area contributed by atoms with Crippen LogP contribution in [-0.2, 0) is 11.9 Å². The zero-order valence-corrected chi connectivity index (χ0v) is 13.7. The molecular weight excluding hydrogens is 316 g/mol. The zero-order chi connectivity index (χ0) is 14.5. The molecule has 0 aromatic heterocycles. The number of methoxy groups -OCH3 is 1. The van der Waals surface area contributed by atoms with Crippen molar-refractivity contribution < 1.29 is 9.47 Å². The molecule has 0 saturated heterocycles. The van der Waals surface area contributed by atoms with Crippen LogP contribution in [0.5, 0.6) is 11.5 Å². The summed E-state index contributed by atoms with van der Waals surface area (Å²) in [5, 5.41) is 0.806. The van der Waals surface area contributed by atoms with Gasteiger partial charge in [-0.25, -0.2) is 0 Å². The molecule has 0 saturated carbocycles. The van der Waals surface area contributed by atoms with Crippen molar-refractivity contribution in [3.8, 4) is 11.5 Å². The molecule has 0 fully saturated rings. The molecule has 0 aliphatic carbocycles. The maximum atomic E-state index is 5.93. The second kappa shape index (κ2) is 6.80. The van der Waals surface area contributed by atoms with Gasteiger partial charge in [-0.3, -0.25) is 0 Å². The van der Waals surface area contributed by atoms with Crippen LogP contribution in [0.15, 0.2) is 36.4 Å². The molecule has 0 amide bonds.